The zero-order valence-corrected chi connectivity index (χ0v) is 9.19. The Morgan fingerprint density at radius 2 is 2.40 bits per heavy atom. The predicted molar refractivity (Wildman–Crippen MR) is 56.7 cm³/mol. The molecule has 15 heavy (non-hydrogen) atoms. The van der Waals surface area contributed by atoms with E-state index < -0.39 is 0 Å². The maximum atomic E-state index is 11.5. The molecule has 5 heteroatoms. The van der Waals surface area contributed by atoms with Gasteiger partial charge in [0.25, 0.3) is 0 Å². The molecule has 0 aliphatic rings. The van der Waals surface area contributed by atoms with Crippen LogP contribution in [0.15, 0.2) is 12.5 Å². The summed E-state index contributed by atoms with van der Waals surface area (Å²) in [6, 6.07) is 0. The van der Waals surface area contributed by atoms with Crippen LogP contribution < -0.4 is 5.32 Å². The minimum atomic E-state index is -0.313. The van der Waals surface area contributed by atoms with Crippen LogP contribution in [0.4, 0.5) is 0 Å². The second kappa shape index (κ2) is 6.19. The molecule has 0 bridgehead atoms. The number of ether oxygens (including phenoxy) is 1. The van der Waals surface area contributed by atoms with Gasteiger partial charge in [0.1, 0.15) is 5.69 Å². The third-order valence-corrected chi connectivity index (χ3v) is 1.98. The number of carbonyl (C=O) groups is 1. The highest BCUT2D eigenvalue weighted by Gasteiger charge is 2.11. The summed E-state index contributed by atoms with van der Waals surface area (Å²) in [7, 11) is 0. The van der Waals surface area contributed by atoms with E-state index in [1.165, 1.54) is 6.20 Å². The lowest BCUT2D eigenvalue weighted by Gasteiger charge is -2.07. The van der Waals surface area contributed by atoms with Crippen LogP contribution in [0.2, 0.25) is 0 Å². The molecule has 1 N–H and O–H groups in total. The highest BCUT2D eigenvalue weighted by Crippen LogP contribution is 2.01. The lowest BCUT2D eigenvalue weighted by Crippen LogP contribution is -2.21. The van der Waals surface area contributed by atoms with Crippen molar-refractivity contribution < 1.29 is 9.53 Å². The summed E-state index contributed by atoms with van der Waals surface area (Å²) in [4.78, 5) is 15.4. The average Bonchev–Trinajstić information content (AvgIpc) is 2.67. The first kappa shape index (κ1) is 11.7. The van der Waals surface area contributed by atoms with Crippen molar-refractivity contribution in [3.63, 3.8) is 0 Å². The molecule has 1 aromatic rings. The number of hydrogen-bond donors (Lipinski definition) is 1. The predicted octanol–water partition coefficient (Wildman–Crippen LogP) is 0.669. The van der Waals surface area contributed by atoms with E-state index in [4.69, 9.17) is 4.74 Å². The number of aromatic nitrogens is 2. The van der Waals surface area contributed by atoms with E-state index >= 15 is 0 Å². The number of carbonyl (C=O) groups excluding carboxylic acids is 1. The summed E-state index contributed by atoms with van der Waals surface area (Å²) >= 11 is 0. The van der Waals surface area contributed by atoms with Gasteiger partial charge >= 0.3 is 5.97 Å². The van der Waals surface area contributed by atoms with Crippen LogP contribution >= 0.6 is 0 Å². The van der Waals surface area contributed by atoms with E-state index in [0.717, 1.165) is 19.6 Å². The molecule has 0 amide bonds. The highest BCUT2D eigenvalue weighted by molar-refractivity contribution is 5.87. The Morgan fingerprint density at radius 3 is 3.07 bits per heavy atom. The topological polar surface area (TPSA) is 56.2 Å². The first-order chi connectivity index (χ1) is 7.29. The number of rotatable bonds is 6. The number of likely N-dealkylation sites (N-methyl/N-ethyl adjacent to an activating group) is 1. The number of imidazole rings is 1. The van der Waals surface area contributed by atoms with Gasteiger partial charge < -0.3 is 14.6 Å². The van der Waals surface area contributed by atoms with Crippen molar-refractivity contribution in [3.8, 4) is 0 Å². The zero-order valence-electron chi connectivity index (χ0n) is 9.19. The average molecular weight is 211 g/mol. The molecule has 0 aliphatic heterocycles. The summed E-state index contributed by atoms with van der Waals surface area (Å²) in [5.41, 5.74) is 0.509. The Morgan fingerprint density at radius 1 is 1.60 bits per heavy atom. The highest BCUT2D eigenvalue weighted by atomic mass is 16.5. The van der Waals surface area contributed by atoms with Gasteiger partial charge in [-0.1, -0.05) is 6.92 Å². The quantitative estimate of drug-likeness (QED) is 0.555. The second-order valence-electron chi connectivity index (χ2n) is 3.05. The largest absolute Gasteiger partial charge is 0.461 e. The Labute approximate surface area is 89.4 Å². The SMILES string of the molecule is CCNCCn1cncc1C(=O)OCC. The van der Waals surface area contributed by atoms with E-state index in [1.807, 2.05) is 6.92 Å². The molecule has 0 radical (unpaired) electrons. The van der Waals surface area contributed by atoms with Crippen LogP contribution in [-0.4, -0.2) is 35.2 Å². The summed E-state index contributed by atoms with van der Waals surface area (Å²) < 4.78 is 6.71. The zero-order chi connectivity index (χ0) is 11.1. The third kappa shape index (κ3) is 3.36. The fourth-order valence-electron chi connectivity index (χ4n) is 1.25. The van der Waals surface area contributed by atoms with E-state index in [1.54, 1.807) is 17.8 Å². The lowest BCUT2D eigenvalue weighted by molar-refractivity contribution is 0.0513. The molecule has 0 saturated carbocycles. The van der Waals surface area contributed by atoms with Crippen LogP contribution in [0.3, 0.4) is 0 Å². The maximum Gasteiger partial charge on any atom is 0.356 e. The summed E-state index contributed by atoms with van der Waals surface area (Å²) in [5, 5.41) is 3.18. The summed E-state index contributed by atoms with van der Waals surface area (Å²) in [5.74, 6) is -0.313. The molecule has 0 atom stereocenters. The fraction of sp³-hybridized carbons (Fsp3) is 0.600. The van der Waals surface area contributed by atoms with E-state index in [9.17, 15) is 4.79 Å². The lowest BCUT2D eigenvalue weighted by atomic mass is 10.4. The molecule has 84 valence electrons. The molecule has 0 spiro atoms. The van der Waals surface area contributed by atoms with Crippen molar-refractivity contribution in [1.82, 2.24) is 14.9 Å². The molecule has 0 fully saturated rings. The molecule has 0 saturated heterocycles. The number of nitrogens with zero attached hydrogens (tertiary/aromatic N) is 2. The molecule has 0 aromatic carbocycles. The number of hydrogen-bond acceptors (Lipinski definition) is 4. The van der Waals surface area contributed by atoms with Gasteiger partial charge in [0.05, 0.1) is 19.1 Å². The molecule has 1 aromatic heterocycles. The Hall–Kier alpha value is -1.36. The molecular formula is C10H17N3O2. The van der Waals surface area contributed by atoms with Crippen molar-refractivity contribution in [3.05, 3.63) is 18.2 Å². The van der Waals surface area contributed by atoms with Crippen LogP contribution in [0.5, 0.6) is 0 Å². The standard InChI is InChI=1S/C10H17N3O2/c1-3-11-5-6-13-8-12-7-9(13)10(14)15-4-2/h7-8,11H,3-6H2,1-2H3. The molecule has 5 nitrogen and oxygen atoms in total. The Kier molecular flexibility index (Phi) is 4.83. The smallest absolute Gasteiger partial charge is 0.356 e. The second-order valence-corrected chi connectivity index (χ2v) is 3.05. The minimum Gasteiger partial charge on any atom is -0.461 e. The van der Waals surface area contributed by atoms with Gasteiger partial charge in [-0.2, -0.15) is 0 Å². The van der Waals surface area contributed by atoms with Crippen molar-refractivity contribution >= 4 is 5.97 Å². The minimum absolute atomic E-state index is 0.313. The summed E-state index contributed by atoms with van der Waals surface area (Å²) in [6.07, 6.45) is 3.17. The number of esters is 1. The van der Waals surface area contributed by atoms with Crippen LogP contribution in [-0.2, 0) is 11.3 Å². The van der Waals surface area contributed by atoms with E-state index in [2.05, 4.69) is 10.3 Å². The first-order valence-corrected chi connectivity index (χ1v) is 5.17. The molecule has 1 rings (SSSR count). The molecular weight excluding hydrogens is 194 g/mol. The van der Waals surface area contributed by atoms with Crippen LogP contribution in [0.1, 0.15) is 24.3 Å². The summed E-state index contributed by atoms with van der Waals surface area (Å²) in [6.45, 7) is 6.68. The van der Waals surface area contributed by atoms with Gasteiger partial charge in [0, 0.05) is 13.1 Å². The van der Waals surface area contributed by atoms with Gasteiger partial charge in [-0.15, -0.1) is 0 Å². The van der Waals surface area contributed by atoms with Gasteiger partial charge in [-0.05, 0) is 13.5 Å². The van der Waals surface area contributed by atoms with Gasteiger partial charge in [-0.3, -0.25) is 0 Å². The Balaban J connectivity index is 2.56. The van der Waals surface area contributed by atoms with Gasteiger partial charge in [0.15, 0.2) is 0 Å². The van der Waals surface area contributed by atoms with Crippen LogP contribution in [0, 0.1) is 0 Å². The fourth-order valence-corrected chi connectivity index (χ4v) is 1.25. The third-order valence-electron chi connectivity index (χ3n) is 1.98. The van der Waals surface area contributed by atoms with Crippen LogP contribution in [0.25, 0.3) is 0 Å². The normalized spacial score (nSPS) is 10.3. The molecule has 0 unspecified atom stereocenters. The van der Waals surface area contributed by atoms with Gasteiger partial charge in [0.2, 0.25) is 0 Å². The monoisotopic (exact) mass is 211 g/mol. The molecule has 0 aliphatic carbocycles. The van der Waals surface area contributed by atoms with E-state index in [0.29, 0.717) is 12.3 Å². The van der Waals surface area contributed by atoms with E-state index in [-0.39, 0.29) is 5.97 Å². The van der Waals surface area contributed by atoms with Crippen molar-refractivity contribution in [2.75, 3.05) is 19.7 Å². The van der Waals surface area contributed by atoms with Crippen molar-refractivity contribution in [2.24, 2.45) is 0 Å². The number of nitrogens with one attached hydrogen (secondary N) is 1. The van der Waals surface area contributed by atoms with Crippen molar-refractivity contribution in [1.29, 1.82) is 0 Å². The molecule has 1 heterocycles. The van der Waals surface area contributed by atoms with Gasteiger partial charge in [-0.25, -0.2) is 9.78 Å². The Bertz CT molecular complexity index is 309. The maximum absolute atomic E-state index is 11.5. The first-order valence-electron chi connectivity index (χ1n) is 5.17. The van der Waals surface area contributed by atoms with Crippen molar-refractivity contribution in [2.45, 2.75) is 20.4 Å².